The molecule has 0 saturated heterocycles. The molecule has 0 unspecified atom stereocenters. The molecule has 0 radical (unpaired) electrons. The Morgan fingerprint density at radius 1 is 1.21 bits per heavy atom. The second-order valence-electron chi connectivity index (χ2n) is 4.12. The Morgan fingerprint density at radius 2 is 1.89 bits per heavy atom. The number of rotatable bonds is 3. The molecule has 0 fully saturated rings. The first-order valence-electron chi connectivity index (χ1n) is 5.79. The van der Waals surface area contributed by atoms with E-state index in [0.29, 0.717) is 10.6 Å². The maximum Gasteiger partial charge on any atom is 0.0991 e. The normalized spacial score (nSPS) is 10.0. The van der Waals surface area contributed by atoms with Gasteiger partial charge in [0.1, 0.15) is 0 Å². The first-order valence-corrected chi connectivity index (χ1v) is 6.17. The number of halogens is 1. The van der Waals surface area contributed by atoms with Crippen LogP contribution in [0.4, 0.5) is 11.4 Å². The van der Waals surface area contributed by atoms with Gasteiger partial charge in [-0.25, -0.2) is 0 Å². The molecule has 0 bridgehead atoms. The number of aliphatic hydroxyl groups excluding tert-OH is 1. The Morgan fingerprint density at radius 3 is 2.47 bits per heavy atom. The molecule has 0 heterocycles. The minimum absolute atomic E-state index is 0.0729. The van der Waals surface area contributed by atoms with Crippen LogP contribution < -0.4 is 4.90 Å². The lowest BCUT2D eigenvalue weighted by Crippen LogP contribution is -2.12. The number of nitrogens with zero attached hydrogens (tertiary/aromatic N) is 2. The van der Waals surface area contributed by atoms with Crippen molar-refractivity contribution in [1.82, 2.24) is 0 Å². The van der Waals surface area contributed by atoms with Crippen LogP contribution in [0.1, 0.15) is 11.1 Å². The molecule has 2 aromatic carbocycles. The Labute approximate surface area is 117 Å². The van der Waals surface area contributed by atoms with Crippen LogP contribution in [0.15, 0.2) is 42.5 Å². The maximum absolute atomic E-state index is 9.39. The van der Waals surface area contributed by atoms with Gasteiger partial charge < -0.3 is 10.0 Å². The summed E-state index contributed by atoms with van der Waals surface area (Å²) in [6, 6.07) is 14.7. The predicted molar refractivity (Wildman–Crippen MR) is 76.6 cm³/mol. The second kappa shape index (κ2) is 5.75. The molecule has 0 amide bonds. The van der Waals surface area contributed by atoms with Crippen molar-refractivity contribution in [2.75, 3.05) is 11.9 Å². The summed E-state index contributed by atoms with van der Waals surface area (Å²) in [6.45, 7) is -0.0729. The van der Waals surface area contributed by atoms with Gasteiger partial charge in [0.05, 0.1) is 28.9 Å². The van der Waals surface area contributed by atoms with E-state index in [1.807, 2.05) is 36.2 Å². The van der Waals surface area contributed by atoms with Gasteiger partial charge in [0.15, 0.2) is 0 Å². The smallest absolute Gasteiger partial charge is 0.0991 e. The highest BCUT2D eigenvalue weighted by molar-refractivity contribution is 6.33. The first kappa shape index (κ1) is 13.4. The Kier molecular flexibility index (Phi) is 4.06. The van der Waals surface area contributed by atoms with Crippen molar-refractivity contribution in [3.05, 3.63) is 58.6 Å². The van der Waals surface area contributed by atoms with E-state index in [-0.39, 0.29) is 6.61 Å². The minimum Gasteiger partial charge on any atom is -0.392 e. The van der Waals surface area contributed by atoms with Gasteiger partial charge in [-0.15, -0.1) is 0 Å². The quantitative estimate of drug-likeness (QED) is 0.931. The lowest BCUT2D eigenvalue weighted by atomic mass is 10.1. The highest BCUT2D eigenvalue weighted by Gasteiger charge is 2.12. The van der Waals surface area contributed by atoms with Crippen LogP contribution in [0.2, 0.25) is 5.02 Å². The van der Waals surface area contributed by atoms with Crippen molar-refractivity contribution in [3.8, 4) is 6.07 Å². The number of hydrogen-bond acceptors (Lipinski definition) is 3. The highest BCUT2D eigenvalue weighted by atomic mass is 35.5. The summed E-state index contributed by atoms with van der Waals surface area (Å²) < 4.78 is 0. The molecule has 4 heteroatoms. The fraction of sp³-hybridized carbons (Fsp3) is 0.133. The van der Waals surface area contributed by atoms with Gasteiger partial charge >= 0.3 is 0 Å². The van der Waals surface area contributed by atoms with Crippen molar-refractivity contribution < 1.29 is 5.11 Å². The lowest BCUT2D eigenvalue weighted by molar-refractivity contribution is 0.282. The zero-order chi connectivity index (χ0) is 13.8. The molecule has 96 valence electrons. The highest BCUT2D eigenvalue weighted by Crippen LogP contribution is 2.33. The van der Waals surface area contributed by atoms with Gasteiger partial charge in [-0.1, -0.05) is 23.7 Å². The van der Waals surface area contributed by atoms with E-state index in [2.05, 4.69) is 6.07 Å². The average molecular weight is 273 g/mol. The molecule has 2 aromatic rings. The molecular formula is C15H13ClN2O. The summed E-state index contributed by atoms with van der Waals surface area (Å²) in [5, 5.41) is 18.8. The number of para-hydroxylation sites is 1. The summed E-state index contributed by atoms with van der Waals surface area (Å²) in [5.41, 5.74) is 3.05. The third-order valence-electron chi connectivity index (χ3n) is 2.96. The number of benzene rings is 2. The van der Waals surface area contributed by atoms with Crippen LogP contribution in [-0.4, -0.2) is 12.2 Å². The standard InChI is InChI=1S/C15H13ClN2O/c1-18(13-7-5-11(9-17)6-8-13)15-12(10-19)3-2-4-14(15)16/h2-8,19H,10H2,1H3. The summed E-state index contributed by atoms with van der Waals surface area (Å²) in [5.74, 6) is 0. The van der Waals surface area contributed by atoms with Gasteiger partial charge in [0, 0.05) is 18.3 Å². The fourth-order valence-electron chi connectivity index (χ4n) is 1.95. The zero-order valence-corrected chi connectivity index (χ0v) is 11.2. The molecule has 0 aromatic heterocycles. The van der Waals surface area contributed by atoms with Crippen molar-refractivity contribution in [3.63, 3.8) is 0 Å². The maximum atomic E-state index is 9.39. The second-order valence-corrected chi connectivity index (χ2v) is 4.53. The molecule has 2 rings (SSSR count). The molecule has 0 aliphatic heterocycles. The summed E-state index contributed by atoms with van der Waals surface area (Å²) >= 11 is 6.21. The first-order chi connectivity index (χ1) is 9.17. The van der Waals surface area contributed by atoms with Gasteiger partial charge in [0.2, 0.25) is 0 Å². The molecule has 0 aliphatic rings. The molecule has 0 spiro atoms. The van der Waals surface area contributed by atoms with E-state index in [1.165, 1.54) is 0 Å². The summed E-state index contributed by atoms with van der Waals surface area (Å²) in [6.07, 6.45) is 0. The molecular weight excluding hydrogens is 260 g/mol. The number of aliphatic hydroxyl groups is 1. The number of anilines is 2. The van der Waals surface area contributed by atoms with Crippen LogP contribution in [0.3, 0.4) is 0 Å². The van der Waals surface area contributed by atoms with Crippen LogP contribution in [0, 0.1) is 11.3 Å². The van der Waals surface area contributed by atoms with E-state index >= 15 is 0 Å². The van der Waals surface area contributed by atoms with E-state index in [0.717, 1.165) is 16.9 Å². The molecule has 19 heavy (non-hydrogen) atoms. The molecule has 0 atom stereocenters. The van der Waals surface area contributed by atoms with E-state index < -0.39 is 0 Å². The van der Waals surface area contributed by atoms with Crippen molar-refractivity contribution >= 4 is 23.0 Å². The van der Waals surface area contributed by atoms with Crippen molar-refractivity contribution in [2.45, 2.75) is 6.61 Å². The van der Waals surface area contributed by atoms with E-state index in [1.54, 1.807) is 18.2 Å². The summed E-state index contributed by atoms with van der Waals surface area (Å²) in [7, 11) is 1.88. The fourth-order valence-corrected chi connectivity index (χ4v) is 2.27. The molecule has 1 N–H and O–H groups in total. The molecule has 3 nitrogen and oxygen atoms in total. The number of nitriles is 1. The monoisotopic (exact) mass is 272 g/mol. The third-order valence-corrected chi connectivity index (χ3v) is 3.26. The molecule has 0 saturated carbocycles. The third kappa shape index (κ3) is 2.70. The van der Waals surface area contributed by atoms with Gasteiger partial charge in [-0.3, -0.25) is 0 Å². The average Bonchev–Trinajstić information content (AvgIpc) is 2.46. The van der Waals surface area contributed by atoms with Crippen LogP contribution >= 0.6 is 11.6 Å². The minimum atomic E-state index is -0.0729. The zero-order valence-electron chi connectivity index (χ0n) is 10.5. The van der Waals surface area contributed by atoms with Crippen LogP contribution in [0.25, 0.3) is 0 Å². The van der Waals surface area contributed by atoms with Gasteiger partial charge in [-0.2, -0.15) is 5.26 Å². The van der Waals surface area contributed by atoms with Crippen LogP contribution in [-0.2, 0) is 6.61 Å². The van der Waals surface area contributed by atoms with Crippen LogP contribution in [0.5, 0.6) is 0 Å². The predicted octanol–water partition coefficient (Wildman–Crippen LogP) is 3.47. The van der Waals surface area contributed by atoms with Crippen molar-refractivity contribution in [1.29, 1.82) is 5.26 Å². The molecule has 0 aliphatic carbocycles. The van der Waals surface area contributed by atoms with E-state index in [4.69, 9.17) is 16.9 Å². The van der Waals surface area contributed by atoms with Crippen molar-refractivity contribution in [2.24, 2.45) is 0 Å². The van der Waals surface area contributed by atoms with E-state index in [9.17, 15) is 5.11 Å². The number of hydrogen-bond donors (Lipinski definition) is 1. The SMILES string of the molecule is CN(c1ccc(C#N)cc1)c1c(Cl)cccc1CO. The van der Waals surface area contributed by atoms with Gasteiger partial charge in [-0.05, 0) is 30.3 Å². The Hall–Kier alpha value is -2.02. The Balaban J connectivity index is 2.43. The largest absolute Gasteiger partial charge is 0.392 e. The topological polar surface area (TPSA) is 47.3 Å². The lowest BCUT2D eigenvalue weighted by Gasteiger charge is -2.23. The van der Waals surface area contributed by atoms with Gasteiger partial charge in [0.25, 0.3) is 0 Å². The summed E-state index contributed by atoms with van der Waals surface area (Å²) in [4.78, 5) is 1.90. The Bertz CT molecular complexity index is 617.